The summed E-state index contributed by atoms with van der Waals surface area (Å²) in [7, 11) is -3.51. The summed E-state index contributed by atoms with van der Waals surface area (Å²) < 4.78 is 37.9. The normalized spacial score (nSPS) is 18.3. The molecule has 2 aromatic carbocycles. The van der Waals surface area contributed by atoms with Crippen LogP contribution in [0.2, 0.25) is 0 Å². The maximum atomic E-state index is 12.7. The van der Waals surface area contributed by atoms with E-state index in [1.165, 1.54) is 4.31 Å². The molecule has 0 atom stereocenters. The largest absolute Gasteiger partial charge is 0.492 e. The highest BCUT2D eigenvalue weighted by Gasteiger charge is 2.26. The predicted octanol–water partition coefficient (Wildman–Crippen LogP) is 1.94. The highest BCUT2D eigenvalue weighted by atomic mass is 32.2. The minimum atomic E-state index is -3.51. The van der Waals surface area contributed by atoms with E-state index in [4.69, 9.17) is 9.47 Å². The third kappa shape index (κ3) is 6.44. The first-order valence-corrected chi connectivity index (χ1v) is 13.0. The van der Waals surface area contributed by atoms with Gasteiger partial charge in [-0.1, -0.05) is 30.3 Å². The highest BCUT2D eigenvalue weighted by Crippen LogP contribution is 2.18. The van der Waals surface area contributed by atoms with Crippen LogP contribution >= 0.6 is 0 Å². The first kappa shape index (κ1) is 24.4. The van der Waals surface area contributed by atoms with Gasteiger partial charge in [-0.2, -0.15) is 4.31 Å². The second-order valence-corrected chi connectivity index (χ2v) is 10.2. The summed E-state index contributed by atoms with van der Waals surface area (Å²) in [5.41, 5.74) is 0.783. The maximum absolute atomic E-state index is 12.7. The number of hydrogen-bond acceptors (Lipinski definition) is 6. The molecule has 9 heteroatoms. The molecule has 0 saturated carbocycles. The van der Waals surface area contributed by atoms with Gasteiger partial charge in [0.25, 0.3) is 0 Å². The minimum Gasteiger partial charge on any atom is -0.492 e. The van der Waals surface area contributed by atoms with Gasteiger partial charge in [0.05, 0.1) is 18.1 Å². The van der Waals surface area contributed by atoms with Crippen LogP contribution in [0.25, 0.3) is 6.08 Å². The lowest BCUT2D eigenvalue weighted by Crippen LogP contribution is -2.49. The van der Waals surface area contributed by atoms with Gasteiger partial charge in [-0.15, -0.1) is 0 Å². The van der Waals surface area contributed by atoms with Gasteiger partial charge in [0, 0.05) is 51.9 Å². The molecule has 0 aromatic heterocycles. The van der Waals surface area contributed by atoms with Crippen LogP contribution in [-0.4, -0.2) is 94.1 Å². The summed E-state index contributed by atoms with van der Waals surface area (Å²) in [6.45, 7) is 5.98. The van der Waals surface area contributed by atoms with Crippen molar-refractivity contribution in [3.05, 3.63) is 66.2 Å². The number of morpholine rings is 1. The van der Waals surface area contributed by atoms with E-state index in [-0.39, 0.29) is 10.8 Å². The van der Waals surface area contributed by atoms with E-state index in [0.717, 1.165) is 30.9 Å². The van der Waals surface area contributed by atoms with Crippen molar-refractivity contribution in [3.63, 3.8) is 0 Å². The molecule has 2 aromatic rings. The summed E-state index contributed by atoms with van der Waals surface area (Å²) in [5.74, 6) is 0.832. The molecule has 1 amide bonds. The number of benzene rings is 2. The molecule has 2 heterocycles. The zero-order valence-electron chi connectivity index (χ0n) is 19.2. The van der Waals surface area contributed by atoms with Gasteiger partial charge in [0.15, 0.2) is 0 Å². The molecule has 34 heavy (non-hydrogen) atoms. The number of hydrogen-bond donors (Lipinski definition) is 0. The Bertz CT molecular complexity index is 1060. The third-order valence-corrected chi connectivity index (χ3v) is 7.92. The third-order valence-electron chi connectivity index (χ3n) is 6.01. The summed E-state index contributed by atoms with van der Waals surface area (Å²) in [5, 5.41) is 0. The van der Waals surface area contributed by atoms with Crippen LogP contribution in [0.1, 0.15) is 5.56 Å². The van der Waals surface area contributed by atoms with Crippen molar-refractivity contribution in [2.75, 3.05) is 65.6 Å². The number of carbonyl (C=O) groups is 1. The van der Waals surface area contributed by atoms with Crippen LogP contribution in [0.15, 0.2) is 65.6 Å². The average Bonchev–Trinajstić information content (AvgIpc) is 2.89. The molecule has 0 N–H and O–H groups in total. The Morgan fingerprint density at radius 2 is 1.59 bits per heavy atom. The van der Waals surface area contributed by atoms with Crippen molar-refractivity contribution in [3.8, 4) is 5.75 Å². The number of carbonyl (C=O) groups excluding carboxylic acids is 1. The summed E-state index contributed by atoms with van der Waals surface area (Å²) >= 11 is 0. The smallest absolute Gasteiger partial charge is 0.246 e. The van der Waals surface area contributed by atoms with Crippen LogP contribution in [0.5, 0.6) is 5.75 Å². The van der Waals surface area contributed by atoms with E-state index >= 15 is 0 Å². The Morgan fingerprint density at radius 3 is 2.26 bits per heavy atom. The van der Waals surface area contributed by atoms with E-state index in [9.17, 15) is 13.2 Å². The fraction of sp³-hybridized carbons (Fsp3) is 0.400. The lowest BCUT2D eigenvalue weighted by atomic mass is 10.2. The van der Waals surface area contributed by atoms with Gasteiger partial charge in [-0.25, -0.2) is 8.42 Å². The van der Waals surface area contributed by atoms with Crippen molar-refractivity contribution in [1.82, 2.24) is 14.1 Å². The zero-order valence-corrected chi connectivity index (χ0v) is 20.0. The quantitative estimate of drug-likeness (QED) is 0.532. The van der Waals surface area contributed by atoms with Gasteiger partial charge in [0.2, 0.25) is 15.9 Å². The molecule has 0 aliphatic carbocycles. The van der Waals surface area contributed by atoms with E-state index in [1.54, 1.807) is 36.4 Å². The maximum Gasteiger partial charge on any atom is 0.246 e. The summed E-state index contributed by atoms with van der Waals surface area (Å²) in [6.07, 6.45) is 3.28. The van der Waals surface area contributed by atoms with Gasteiger partial charge < -0.3 is 14.4 Å². The van der Waals surface area contributed by atoms with E-state index in [2.05, 4.69) is 4.90 Å². The minimum absolute atomic E-state index is 0.0369. The van der Waals surface area contributed by atoms with Gasteiger partial charge in [0.1, 0.15) is 12.4 Å². The average molecular weight is 486 g/mol. The molecular weight excluding hydrogens is 454 g/mol. The van der Waals surface area contributed by atoms with Crippen LogP contribution < -0.4 is 4.74 Å². The summed E-state index contributed by atoms with van der Waals surface area (Å²) in [6, 6.07) is 16.4. The molecule has 182 valence electrons. The van der Waals surface area contributed by atoms with Gasteiger partial charge in [-0.05, 0) is 35.9 Å². The van der Waals surface area contributed by atoms with Crippen molar-refractivity contribution in [2.24, 2.45) is 0 Å². The Morgan fingerprint density at radius 1 is 0.912 bits per heavy atom. The molecule has 4 rings (SSSR count). The van der Waals surface area contributed by atoms with Crippen molar-refractivity contribution >= 4 is 22.0 Å². The van der Waals surface area contributed by atoms with Crippen molar-refractivity contribution in [1.29, 1.82) is 0 Å². The van der Waals surface area contributed by atoms with Crippen LogP contribution in [0.4, 0.5) is 0 Å². The summed E-state index contributed by atoms with van der Waals surface area (Å²) in [4.78, 5) is 17.0. The number of ether oxygens (including phenoxy) is 2. The van der Waals surface area contributed by atoms with Crippen molar-refractivity contribution in [2.45, 2.75) is 4.90 Å². The number of para-hydroxylation sites is 1. The Balaban J connectivity index is 1.22. The van der Waals surface area contributed by atoms with E-state index in [1.807, 2.05) is 35.2 Å². The molecule has 0 unspecified atom stereocenters. The SMILES string of the molecule is O=C(/C=C/c1ccc(S(=O)(=O)N2CCOCC2)cc1)N1CCN(CCOc2ccccc2)CC1. The fourth-order valence-corrected chi connectivity index (χ4v) is 5.37. The molecule has 0 spiro atoms. The number of sulfonamides is 1. The molecule has 0 bridgehead atoms. The number of nitrogens with zero attached hydrogens (tertiary/aromatic N) is 3. The molecule has 8 nitrogen and oxygen atoms in total. The Kier molecular flexibility index (Phi) is 8.34. The zero-order chi connectivity index (χ0) is 23.8. The second-order valence-electron chi connectivity index (χ2n) is 8.25. The molecule has 2 aliphatic heterocycles. The molecule has 2 fully saturated rings. The topological polar surface area (TPSA) is 79.4 Å². The van der Waals surface area contributed by atoms with Gasteiger partial charge >= 0.3 is 0 Å². The monoisotopic (exact) mass is 485 g/mol. The molecule has 0 radical (unpaired) electrons. The number of rotatable bonds is 8. The van der Waals surface area contributed by atoms with Crippen LogP contribution in [-0.2, 0) is 19.6 Å². The van der Waals surface area contributed by atoms with Crippen LogP contribution in [0.3, 0.4) is 0 Å². The highest BCUT2D eigenvalue weighted by molar-refractivity contribution is 7.89. The lowest BCUT2D eigenvalue weighted by molar-refractivity contribution is -0.127. The second kappa shape index (κ2) is 11.6. The van der Waals surface area contributed by atoms with E-state index in [0.29, 0.717) is 46.0 Å². The van der Waals surface area contributed by atoms with Gasteiger partial charge in [-0.3, -0.25) is 9.69 Å². The first-order chi connectivity index (χ1) is 16.5. The first-order valence-electron chi connectivity index (χ1n) is 11.6. The fourth-order valence-electron chi connectivity index (χ4n) is 3.96. The number of piperazine rings is 1. The van der Waals surface area contributed by atoms with E-state index < -0.39 is 10.0 Å². The standard InChI is InChI=1S/C25H31N3O5S/c29-25(27-14-12-26(13-15-27)16-21-33-23-4-2-1-3-5-23)11-8-22-6-9-24(10-7-22)34(30,31)28-17-19-32-20-18-28/h1-11H,12-21H2/b11-8+. The van der Waals surface area contributed by atoms with Crippen molar-refractivity contribution < 1.29 is 22.7 Å². The number of amides is 1. The Labute approximate surface area is 201 Å². The van der Waals surface area contributed by atoms with Crippen LogP contribution in [0, 0.1) is 0 Å². The molecule has 2 saturated heterocycles. The molecular formula is C25H31N3O5S. The lowest BCUT2D eigenvalue weighted by Gasteiger charge is -2.34. The molecule has 2 aliphatic rings. The predicted molar refractivity (Wildman–Crippen MR) is 130 cm³/mol. The Hall–Kier alpha value is -2.72.